The predicted octanol–water partition coefficient (Wildman–Crippen LogP) is 3.03. The number of carbonyl (C=O) groups excluding carboxylic acids is 1. The predicted molar refractivity (Wildman–Crippen MR) is 75.4 cm³/mol. The number of halogens is 2. The molecule has 108 valence electrons. The van der Waals surface area contributed by atoms with Crippen LogP contribution < -0.4 is 5.32 Å². The van der Waals surface area contributed by atoms with E-state index in [1.165, 1.54) is 0 Å². The second kappa shape index (κ2) is 6.30. The monoisotopic (exact) mass is 344 g/mol. The van der Waals surface area contributed by atoms with E-state index in [0.717, 1.165) is 37.5 Å². The van der Waals surface area contributed by atoms with Gasteiger partial charge < -0.3 is 5.32 Å². The van der Waals surface area contributed by atoms with Gasteiger partial charge in [-0.2, -0.15) is 0 Å². The van der Waals surface area contributed by atoms with Crippen LogP contribution in [0.2, 0.25) is 0 Å². The lowest BCUT2D eigenvalue weighted by Crippen LogP contribution is -2.31. The molecule has 1 amide bonds. The number of carbonyl (C=O) groups is 1. The van der Waals surface area contributed by atoms with Crippen molar-refractivity contribution in [2.75, 3.05) is 6.54 Å². The SMILES string of the molecule is O=C(NCC1CCCC1Br)c1ccc([N+](=O)[O-])cc1F. The van der Waals surface area contributed by atoms with E-state index < -0.39 is 16.6 Å². The second-order valence-corrected chi connectivity index (χ2v) is 6.01. The van der Waals surface area contributed by atoms with Gasteiger partial charge in [0.15, 0.2) is 0 Å². The van der Waals surface area contributed by atoms with Crippen molar-refractivity contribution < 1.29 is 14.1 Å². The number of alkyl halides is 1. The summed E-state index contributed by atoms with van der Waals surface area (Å²) in [5, 5.41) is 13.2. The van der Waals surface area contributed by atoms with E-state index in [9.17, 15) is 19.3 Å². The first kappa shape index (κ1) is 14.9. The number of benzene rings is 1. The summed E-state index contributed by atoms with van der Waals surface area (Å²) in [7, 11) is 0. The van der Waals surface area contributed by atoms with Crippen molar-refractivity contribution in [3.05, 3.63) is 39.7 Å². The van der Waals surface area contributed by atoms with Gasteiger partial charge in [-0.05, 0) is 24.8 Å². The quantitative estimate of drug-likeness (QED) is 0.518. The lowest BCUT2D eigenvalue weighted by Gasteiger charge is -2.14. The first-order chi connectivity index (χ1) is 9.49. The normalized spacial score (nSPS) is 21.7. The van der Waals surface area contributed by atoms with Gasteiger partial charge in [0.25, 0.3) is 11.6 Å². The molecule has 20 heavy (non-hydrogen) atoms. The van der Waals surface area contributed by atoms with Crippen molar-refractivity contribution in [1.82, 2.24) is 5.32 Å². The number of rotatable bonds is 4. The number of nitro groups is 1. The minimum atomic E-state index is -0.876. The summed E-state index contributed by atoms with van der Waals surface area (Å²) in [6.07, 6.45) is 3.22. The number of nitrogens with zero attached hydrogens (tertiary/aromatic N) is 1. The zero-order chi connectivity index (χ0) is 14.7. The van der Waals surface area contributed by atoms with Crippen molar-refractivity contribution in [3.8, 4) is 0 Å². The molecule has 1 saturated carbocycles. The Hall–Kier alpha value is -1.50. The molecule has 1 aromatic rings. The van der Waals surface area contributed by atoms with E-state index >= 15 is 0 Å². The maximum atomic E-state index is 13.7. The van der Waals surface area contributed by atoms with Crippen LogP contribution in [0.25, 0.3) is 0 Å². The number of nitrogens with one attached hydrogen (secondary N) is 1. The fraction of sp³-hybridized carbons (Fsp3) is 0.462. The van der Waals surface area contributed by atoms with Crippen LogP contribution in [0.5, 0.6) is 0 Å². The molecule has 1 aliphatic rings. The molecule has 0 heterocycles. The summed E-state index contributed by atoms with van der Waals surface area (Å²) in [6, 6.07) is 3.03. The Morgan fingerprint density at radius 2 is 2.25 bits per heavy atom. The molecular weight excluding hydrogens is 331 g/mol. The number of hydrogen-bond donors (Lipinski definition) is 1. The third kappa shape index (κ3) is 3.33. The van der Waals surface area contributed by atoms with E-state index in [2.05, 4.69) is 21.2 Å². The maximum Gasteiger partial charge on any atom is 0.272 e. The molecule has 1 aliphatic carbocycles. The molecule has 2 rings (SSSR count). The zero-order valence-electron chi connectivity index (χ0n) is 10.6. The smallest absolute Gasteiger partial charge is 0.272 e. The number of amides is 1. The highest BCUT2D eigenvalue weighted by Gasteiger charge is 2.25. The van der Waals surface area contributed by atoms with Gasteiger partial charge in [0.2, 0.25) is 0 Å². The van der Waals surface area contributed by atoms with Crippen molar-refractivity contribution in [3.63, 3.8) is 0 Å². The Bertz CT molecular complexity index is 538. The van der Waals surface area contributed by atoms with E-state index in [0.29, 0.717) is 17.3 Å². The molecule has 5 nitrogen and oxygen atoms in total. The van der Waals surface area contributed by atoms with Gasteiger partial charge in [0.1, 0.15) is 5.82 Å². The number of nitro benzene ring substituents is 1. The van der Waals surface area contributed by atoms with Crippen LogP contribution in [0.1, 0.15) is 29.6 Å². The van der Waals surface area contributed by atoms with Gasteiger partial charge in [-0.15, -0.1) is 0 Å². The summed E-state index contributed by atoms with van der Waals surface area (Å²) >= 11 is 3.55. The lowest BCUT2D eigenvalue weighted by atomic mass is 10.1. The number of hydrogen-bond acceptors (Lipinski definition) is 3. The second-order valence-electron chi connectivity index (χ2n) is 4.84. The van der Waals surface area contributed by atoms with Crippen LogP contribution in [0.3, 0.4) is 0 Å². The average Bonchev–Trinajstić information content (AvgIpc) is 2.81. The minimum absolute atomic E-state index is 0.167. The van der Waals surface area contributed by atoms with Crippen LogP contribution >= 0.6 is 15.9 Å². The first-order valence-electron chi connectivity index (χ1n) is 6.35. The molecule has 0 radical (unpaired) electrons. The van der Waals surface area contributed by atoms with Gasteiger partial charge >= 0.3 is 0 Å². The molecule has 2 atom stereocenters. The van der Waals surface area contributed by atoms with Gasteiger partial charge in [0, 0.05) is 17.4 Å². The van der Waals surface area contributed by atoms with Crippen molar-refractivity contribution in [2.45, 2.75) is 24.1 Å². The van der Waals surface area contributed by atoms with Gasteiger partial charge in [-0.1, -0.05) is 22.4 Å². The van der Waals surface area contributed by atoms with Crippen LogP contribution in [0, 0.1) is 21.8 Å². The highest BCUT2D eigenvalue weighted by molar-refractivity contribution is 9.09. The highest BCUT2D eigenvalue weighted by atomic mass is 79.9. The average molecular weight is 345 g/mol. The van der Waals surface area contributed by atoms with E-state index in [1.807, 2.05) is 0 Å². The lowest BCUT2D eigenvalue weighted by molar-refractivity contribution is -0.385. The largest absolute Gasteiger partial charge is 0.352 e. The fourth-order valence-electron chi connectivity index (χ4n) is 2.34. The summed E-state index contributed by atoms with van der Waals surface area (Å²) in [4.78, 5) is 22.1. The van der Waals surface area contributed by atoms with Crippen molar-refractivity contribution >= 4 is 27.5 Å². The van der Waals surface area contributed by atoms with E-state index in [4.69, 9.17) is 0 Å². The Labute approximate surface area is 123 Å². The van der Waals surface area contributed by atoms with Gasteiger partial charge in [-0.3, -0.25) is 14.9 Å². The van der Waals surface area contributed by atoms with Gasteiger partial charge in [-0.25, -0.2) is 4.39 Å². The summed E-state index contributed by atoms with van der Waals surface area (Å²) < 4.78 is 13.7. The van der Waals surface area contributed by atoms with E-state index in [1.54, 1.807) is 0 Å². The third-order valence-corrected chi connectivity index (χ3v) is 4.70. The molecule has 0 bridgehead atoms. The highest BCUT2D eigenvalue weighted by Crippen LogP contribution is 2.30. The first-order valence-corrected chi connectivity index (χ1v) is 7.27. The molecular formula is C13H14BrFN2O3. The molecule has 1 aromatic carbocycles. The Morgan fingerprint density at radius 3 is 2.80 bits per heavy atom. The molecule has 0 aliphatic heterocycles. The molecule has 0 spiro atoms. The molecule has 7 heteroatoms. The number of non-ortho nitro benzene ring substituents is 1. The van der Waals surface area contributed by atoms with Crippen LogP contribution in [0.4, 0.5) is 10.1 Å². The Balaban J connectivity index is 2.00. The molecule has 0 saturated heterocycles. The molecule has 1 N–H and O–H groups in total. The third-order valence-electron chi connectivity index (χ3n) is 3.50. The fourth-order valence-corrected chi connectivity index (χ4v) is 3.12. The maximum absolute atomic E-state index is 13.7. The van der Waals surface area contributed by atoms with Crippen LogP contribution in [-0.4, -0.2) is 22.2 Å². The zero-order valence-corrected chi connectivity index (χ0v) is 12.2. The topological polar surface area (TPSA) is 72.2 Å². The van der Waals surface area contributed by atoms with Crippen LogP contribution in [-0.2, 0) is 0 Å². The summed E-state index contributed by atoms with van der Waals surface area (Å²) in [6.45, 7) is 0.477. The summed E-state index contributed by atoms with van der Waals surface area (Å²) in [5.74, 6) is -1.07. The summed E-state index contributed by atoms with van der Waals surface area (Å²) in [5.41, 5.74) is -0.532. The van der Waals surface area contributed by atoms with E-state index in [-0.39, 0.29) is 11.3 Å². The molecule has 2 unspecified atom stereocenters. The minimum Gasteiger partial charge on any atom is -0.352 e. The molecule has 0 aromatic heterocycles. The Kier molecular flexibility index (Phi) is 4.69. The Morgan fingerprint density at radius 1 is 1.50 bits per heavy atom. The van der Waals surface area contributed by atoms with Crippen molar-refractivity contribution in [1.29, 1.82) is 0 Å². The molecule has 1 fully saturated rings. The standard InChI is InChI=1S/C13H14BrFN2O3/c14-11-3-1-2-8(11)7-16-13(18)10-5-4-9(17(19)20)6-12(10)15/h4-6,8,11H,1-3,7H2,(H,16,18). The van der Waals surface area contributed by atoms with Gasteiger partial charge in [0.05, 0.1) is 16.6 Å². The van der Waals surface area contributed by atoms with Crippen LogP contribution in [0.15, 0.2) is 18.2 Å². The van der Waals surface area contributed by atoms with Crippen molar-refractivity contribution in [2.24, 2.45) is 5.92 Å².